The van der Waals surface area contributed by atoms with E-state index in [0.29, 0.717) is 75.5 Å². The van der Waals surface area contributed by atoms with Crippen LogP contribution in [0.2, 0.25) is 5.28 Å². The zero-order chi connectivity index (χ0) is 89.7. The molecule has 33 heteroatoms. The lowest BCUT2D eigenvalue weighted by Crippen LogP contribution is -2.47. The largest absolute Gasteiger partial charge is 0.460 e. The number of hydrogen-bond donors (Lipinski definition) is 3. The second kappa shape index (κ2) is 37.1. The van der Waals surface area contributed by atoms with Crippen LogP contribution in [0.4, 0.5) is 10.3 Å². The third kappa shape index (κ3) is 20.9. The third-order valence-electron chi connectivity index (χ3n) is 26.6. The van der Waals surface area contributed by atoms with Crippen molar-refractivity contribution in [2.45, 2.75) is 307 Å². The Hall–Kier alpha value is -8.17. The Kier molecular flexibility index (Phi) is 27.6. The molecule has 680 valence electrons. The van der Waals surface area contributed by atoms with Crippen LogP contribution in [0, 0.1) is 34.5 Å². The molecule has 10 atom stereocenters. The number of amides is 4. The fourth-order valence-corrected chi connectivity index (χ4v) is 23.4. The summed E-state index contributed by atoms with van der Waals surface area (Å²) >= 11 is 9.70. The number of para-hydroxylation sites is 2. The molecule has 0 spiro atoms. The van der Waals surface area contributed by atoms with Crippen molar-refractivity contribution in [1.82, 2.24) is 48.3 Å². The average molecular weight is 1820 g/mol. The van der Waals surface area contributed by atoms with Crippen LogP contribution >= 0.6 is 34.3 Å². The molecule has 4 aliphatic carbocycles. The van der Waals surface area contributed by atoms with Crippen molar-refractivity contribution in [2.75, 3.05) is 49.1 Å². The number of ketones is 2. The van der Waals surface area contributed by atoms with Crippen molar-refractivity contribution in [3.63, 3.8) is 0 Å². The first kappa shape index (κ1) is 93.0. The summed E-state index contributed by atoms with van der Waals surface area (Å²) in [6, 6.07) is 10.9. The minimum absolute atomic E-state index is 0.0324. The Labute approximate surface area is 747 Å². The number of ether oxygens (including phenoxy) is 3. The van der Waals surface area contributed by atoms with E-state index in [4.69, 9.17) is 40.8 Å². The van der Waals surface area contributed by atoms with Crippen LogP contribution in [0.25, 0.3) is 44.6 Å². The van der Waals surface area contributed by atoms with Gasteiger partial charge in [-0.05, 0) is 221 Å². The predicted octanol–water partition coefficient (Wildman–Crippen LogP) is 15.3. The van der Waals surface area contributed by atoms with Gasteiger partial charge in [0.05, 0.1) is 85.8 Å². The van der Waals surface area contributed by atoms with Gasteiger partial charge in [0.1, 0.15) is 22.8 Å². The summed E-state index contributed by atoms with van der Waals surface area (Å²) < 4.78 is 77.0. The van der Waals surface area contributed by atoms with Crippen molar-refractivity contribution in [2.24, 2.45) is 34.5 Å². The Morgan fingerprint density at radius 3 is 1.42 bits per heavy atom. The average Bonchev–Trinajstić information content (AvgIpc) is 1.56. The van der Waals surface area contributed by atoms with Crippen LogP contribution in [0.3, 0.4) is 0 Å². The number of nitrogens with one attached hydrogen (secondary N) is 2. The molecule has 10 heterocycles. The van der Waals surface area contributed by atoms with Crippen molar-refractivity contribution in [1.29, 1.82) is 0 Å². The number of aliphatic hydroxyl groups excluding tert-OH is 1. The molecule has 4 amide bonds. The summed E-state index contributed by atoms with van der Waals surface area (Å²) in [6.07, 6.45) is 20.3. The molecule has 6 aromatic rings. The zero-order valence-electron chi connectivity index (χ0n) is 74.4. The first-order chi connectivity index (χ1) is 59.1. The zero-order valence-corrected chi connectivity index (χ0v) is 78.4. The number of thiazole rings is 2. The second-order valence-corrected chi connectivity index (χ2v) is 45.8. The van der Waals surface area contributed by atoms with Gasteiger partial charge in [-0.3, -0.25) is 52.4 Å². The van der Waals surface area contributed by atoms with Gasteiger partial charge in [-0.1, -0.05) is 74.3 Å². The van der Waals surface area contributed by atoms with Crippen LogP contribution in [0.15, 0.2) is 71.5 Å². The Morgan fingerprint density at radius 1 is 0.568 bits per heavy atom. The molecule has 0 unspecified atom stereocenters. The van der Waals surface area contributed by atoms with E-state index >= 15 is 0 Å². The molecule has 3 N–H and O–H groups in total. The molecule has 6 aliphatic heterocycles. The maximum atomic E-state index is 14.8. The first-order valence-corrected chi connectivity index (χ1v) is 50.2. The summed E-state index contributed by atoms with van der Waals surface area (Å²) in [6.45, 7) is 26.5. The van der Waals surface area contributed by atoms with Crippen LogP contribution in [-0.4, -0.2) is 192 Å². The van der Waals surface area contributed by atoms with Gasteiger partial charge in [0.15, 0.2) is 21.8 Å². The topological polar surface area (TPSA) is 351 Å². The van der Waals surface area contributed by atoms with Gasteiger partial charge in [-0.2, -0.15) is 4.98 Å². The lowest BCUT2D eigenvalue weighted by atomic mass is 9.90. The van der Waals surface area contributed by atoms with Gasteiger partial charge in [0.2, 0.25) is 49.0 Å². The number of hydrogen-bond acceptors (Lipinski definition) is 24. The number of carbonyl (C=O) groups excluding carboxylic acids is 8. The number of carbonyl (C=O) groups is 8. The lowest BCUT2D eigenvalue weighted by molar-refractivity contribution is -0.159. The number of fused-ring (bicyclic) bond motifs is 6. The predicted molar refractivity (Wildman–Crippen MR) is 483 cm³/mol. The molecule has 0 bridgehead atoms. The van der Waals surface area contributed by atoms with E-state index in [1.807, 2.05) is 47.1 Å². The van der Waals surface area contributed by atoms with Crippen molar-refractivity contribution in [3.8, 4) is 28.5 Å². The number of aliphatic hydroxyl groups is 1. The monoisotopic (exact) mass is 1820 g/mol. The molecule has 16 rings (SSSR count). The molecule has 4 saturated carbocycles. The van der Waals surface area contributed by atoms with E-state index in [-0.39, 0.29) is 98.9 Å². The normalized spacial score (nSPS) is 27.1. The van der Waals surface area contributed by atoms with Crippen LogP contribution in [0.5, 0.6) is 6.01 Å². The summed E-state index contributed by atoms with van der Waals surface area (Å²) in [5.41, 5.74) is 3.49. The summed E-state index contributed by atoms with van der Waals surface area (Å²) in [5, 5.41) is 17.3. The lowest BCUT2D eigenvalue weighted by Gasteiger charge is -2.29. The van der Waals surface area contributed by atoms with Gasteiger partial charge in [0.25, 0.3) is 6.01 Å². The van der Waals surface area contributed by atoms with Crippen LogP contribution < -0.4 is 24.0 Å². The van der Waals surface area contributed by atoms with E-state index in [1.165, 1.54) is 17.7 Å². The van der Waals surface area contributed by atoms with Gasteiger partial charge >= 0.3 is 11.9 Å². The quantitative estimate of drug-likeness (QED) is 0.0531. The highest BCUT2D eigenvalue weighted by molar-refractivity contribution is 7.92. The van der Waals surface area contributed by atoms with Gasteiger partial charge in [-0.25, -0.2) is 31.8 Å². The molecule has 10 aliphatic rings. The maximum Gasteiger partial charge on any atom is 0.307 e. The van der Waals surface area contributed by atoms with Crippen LogP contribution in [0.1, 0.15) is 262 Å². The Morgan fingerprint density at radius 2 is 0.992 bits per heavy atom. The molecular weight excluding hydrogens is 1690 g/mol. The van der Waals surface area contributed by atoms with Crippen LogP contribution in [-0.2, 0) is 67.9 Å². The molecule has 4 aromatic heterocycles. The van der Waals surface area contributed by atoms with Gasteiger partial charge in [0, 0.05) is 104 Å². The van der Waals surface area contributed by atoms with Gasteiger partial charge in [-0.15, -0.1) is 22.7 Å². The number of rotatable bonds is 18. The van der Waals surface area contributed by atoms with Crippen molar-refractivity contribution < 1.29 is 74.5 Å². The number of aromatic nitrogens is 6. The van der Waals surface area contributed by atoms with Crippen molar-refractivity contribution in [3.05, 3.63) is 76.7 Å². The number of Topliss-reactive ketones (excluding diaryl/α,β-unsaturated/α-hetero) is 2. The fourth-order valence-electron chi connectivity index (χ4n) is 18.6. The van der Waals surface area contributed by atoms with Crippen molar-refractivity contribution >= 4 is 134 Å². The highest BCUT2D eigenvalue weighted by Crippen LogP contribution is 2.59. The van der Waals surface area contributed by atoms with E-state index in [1.54, 1.807) is 83.0 Å². The number of sulfonamides is 2. The standard InChI is InChI=1S/C46H62N6O8S2.C29H44N2O8S.C17H19ClN4S/c1-29(2)52-35-18-14-17-33(34-28-61-43(47-34)50-21-12-13-22-50)39(35)48-42(52)59-32-24-36-37(53)26-46(41(56)49-62(57,58)45(6)19-20-45)25-31(46)16-11-9-7-8-10-15-30(40(55)51(36)27-32)23-38(54)60-44(3,4)5;1-27(2,3)39-24(34)14-19-10-8-6-5-7-9-11-20-16-29(20,26(36)30-40(37,38)28(4)12-13-28)17-23(33)22-15-21(32)18-31(22)25(19)35;1-11(2)22-14-7-5-6-12(15(14)20-16(22)18)13-10-23-17(19-13)21-8-3-4-9-21/h11,14,16-18,28-32,36H,7-10,12-13,15,19-27H2,1-6H3,(H,49,56);9,11,19-22,32H,5-8,10,12-18H2,1-4H3,(H,30,36);5-7,10-11H,3-4,8-9H2,1-2H3/b16-11-;11-9-;/t30-,31-,32-,36+,46-;19-,20-,21-,22+,29-;/m11./s1. The highest BCUT2D eigenvalue weighted by Gasteiger charge is 2.65. The number of esters is 2. The highest BCUT2D eigenvalue weighted by atomic mass is 35.5. The van der Waals surface area contributed by atoms with Gasteiger partial charge < -0.3 is 43.5 Å². The Balaban J connectivity index is 0.000000171. The summed E-state index contributed by atoms with van der Waals surface area (Å²) in [4.78, 5) is 138. The third-order valence-corrected chi connectivity index (χ3v) is 33.0. The molecule has 28 nitrogen and oxygen atoms in total. The molecular formula is C92H125ClN12O16S4. The molecule has 125 heavy (non-hydrogen) atoms. The fraction of sp³-hybridized carbons (Fsp3) is 0.652. The number of allylic oxidation sites excluding steroid dienone is 4. The molecule has 4 saturated heterocycles. The maximum absolute atomic E-state index is 14.8. The number of imidazole rings is 2. The SMILES string of the molecule is CC(C)(C)OC(=O)C[C@H]1CCCCC/C=C\[C@@H]2C[C@@]2(C(=O)NS(=O)(=O)C2(C)CC2)CC(=O)[C@@H]2C[C@@H](O)CN2C1=O.CC(C)n1c(Cl)nc2c(-c3csc(N4CCCC4)n3)cccc21.CC(C)n1c(O[C@@H]2C[C@H]3C(=O)C[C@]4(C(=O)NS(=O)(=O)C5(C)CC5)C[C@H]4/C=C\CCCCC[C@H](CC(=O)OC(C)(C)C)C(=O)N3C2)nc2c(-c3csc(N4CCCC4)n3)cccc21. The number of halogens is 1. The summed E-state index contributed by atoms with van der Waals surface area (Å²) in [7, 11) is -7.84. The Bertz CT molecular complexity index is 5350. The number of anilines is 2. The minimum atomic E-state index is -3.96. The first-order valence-electron chi connectivity index (χ1n) is 45.1. The molecule has 2 aromatic carbocycles. The van der Waals surface area contributed by atoms with E-state index in [9.17, 15) is 60.3 Å². The minimum Gasteiger partial charge on any atom is -0.460 e. The second-order valence-electron chi connectivity index (χ2n) is 39.4. The molecule has 8 fully saturated rings. The smallest absolute Gasteiger partial charge is 0.307 e. The van der Waals surface area contributed by atoms with E-state index in [0.717, 1.165) is 132 Å². The number of benzene rings is 2. The van der Waals surface area contributed by atoms with E-state index in [2.05, 4.69) is 85.4 Å². The number of nitrogens with zero attached hydrogens (tertiary/aromatic N) is 10. The molecule has 0 radical (unpaired) electrons. The van der Waals surface area contributed by atoms with E-state index < -0.39 is 111 Å². The summed E-state index contributed by atoms with van der Waals surface area (Å²) in [5.74, 6) is -5.76.